The van der Waals surface area contributed by atoms with Crippen LogP contribution in [0.15, 0.2) is 18.2 Å². The molecule has 0 aliphatic heterocycles. The quantitative estimate of drug-likeness (QED) is 0.681. The number of hydrogen-bond acceptors (Lipinski definition) is 2. The molecule has 0 radical (unpaired) electrons. The van der Waals surface area contributed by atoms with Crippen LogP contribution in [-0.4, -0.2) is 17.2 Å². The summed E-state index contributed by atoms with van der Waals surface area (Å²) < 4.78 is 0. The minimum absolute atomic E-state index is 0.158. The third-order valence-corrected chi connectivity index (χ3v) is 3.27. The molecule has 5 heteroatoms. The number of benzene rings is 1. The molecule has 1 aromatic carbocycles. The van der Waals surface area contributed by atoms with E-state index in [1.807, 2.05) is 20.8 Å². The summed E-state index contributed by atoms with van der Waals surface area (Å²) in [6.45, 7) is 5.63. The van der Waals surface area contributed by atoms with Gasteiger partial charge in [-0.3, -0.25) is 9.59 Å². The van der Waals surface area contributed by atoms with Crippen LogP contribution in [0.25, 0.3) is 0 Å². The Labute approximate surface area is 116 Å². The van der Waals surface area contributed by atoms with Gasteiger partial charge in [-0.05, 0) is 38.5 Å². The second-order valence-electron chi connectivity index (χ2n) is 4.64. The highest BCUT2D eigenvalue weighted by Gasteiger charge is 2.25. The van der Waals surface area contributed by atoms with Crippen molar-refractivity contribution in [2.75, 3.05) is 0 Å². The molecule has 3 nitrogen and oxygen atoms in total. The van der Waals surface area contributed by atoms with E-state index in [-0.39, 0.29) is 10.6 Å². The largest absolute Gasteiger partial charge is 0.344 e. The SMILES string of the molecule is CCC(C)(C)NC(=O)C(=O)c1ccc(Cl)cc1Cl. The lowest BCUT2D eigenvalue weighted by atomic mass is 10.0. The van der Waals surface area contributed by atoms with Gasteiger partial charge in [0.25, 0.3) is 11.7 Å². The molecule has 0 saturated carbocycles. The number of nitrogens with one attached hydrogen (secondary N) is 1. The number of rotatable bonds is 4. The fourth-order valence-corrected chi connectivity index (χ4v) is 1.74. The Morgan fingerprint density at radius 2 is 1.89 bits per heavy atom. The molecule has 0 atom stereocenters. The average Bonchev–Trinajstić information content (AvgIpc) is 2.27. The maximum Gasteiger partial charge on any atom is 0.292 e. The van der Waals surface area contributed by atoms with Gasteiger partial charge in [-0.25, -0.2) is 0 Å². The maximum absolute atomic E-state index is 11.9. The van der Waals surface area contributed by atoms with E-state index in [0.29, 0.717) is 5.02 Å². The molecular weight excluding hydrogens is 273 g/mol. The van der Waals surface area contributed by atoms with E-state index < -0.39 is 17.2 Å². The summed E-state index contributed by atoms with van der Waals surface area (Å²) in [5.41, 5.74) is -0.267. The number of hydrogen-bond donors (Lipinski definition) is 1. The van der Waals surface area contributed by atoms with Crippen LogP contribution >= 0.6 is 23.2 Å². The molecule has 0 bridgehead atoms. The predicted octanol–water partition coefficient (Wildman–Crippen LogP) is 3.48. The maximum atomic E-state index is 11.9. The molecule has 1 rings (SSSR count). The van der Waals surface area contributed by atoms with Gasteiger partial charge in [-0.2, -0.15) is 0 Å². The zero-order chi connectivity index (χ0) is 13.9. The summed E-state index contributed by atoms with van der Waals surface area (Å²) in [6.07, 6.45) is 0.723. The second-order valence-corrected chi connectivity index (χ2v) is 5.49. The molecule has 0 aliphatic rings. The number of carbonyl (C=O) groups is 2. The van der Waals surface area contributed by atoms with Gasteiger partial charge in [-0.1, -0.05) is 30.1 Å². The zero-order valence-electron chi connectivity index (χ0n) is 10.5. The predicted molar refractivity (Wildman–Crippen MR) is 73.3 cm³/mol. The standard InChI is InChI=1S/C13H15Cl2NO2/c1-4-13(2,3)16-12(18)11(17)9-6-5-8(14)7-10(9)15/h5-7H,4H2,1-3H3,(H,16,18). The third-order valence-electron chi connectivity index (χ3n) is 2.72. The minimum Gasteiger partial charge on any atom is -0.344 e. The van der Waals surface area contributed by atoms with Crippen molar-refractivity contribution in [3.05, 3.63) is 33.8 Å². The van der Waals surface area contributed by atoms with Crippen molar-refractivity contribution < 1.29 is 9.59 Å². The Morgan fingerprint density at radius 3 is 2.39 bits per heavy atom. The Bertz CT molecular complexity index is 484. The molecule has 1 N–H and O–H groups in total. The summed E-state index contributed by atoms with van der Waals surface area (Å²) >= 11 is 11.6. The lowest BCUT2D eigenvalue weighted by molar-refractivity contribution is -0.118. The van der Waals surface area contributed by atoms with Gasteiger partial charge >= 0.3 is 0 Å². The molecule has 0 spiro atoms. The van der Waals surface area contributed by atoms with Gasteiger partial charge < -0.3 is 5.32 Å². The van der Waals surface area contributed by atoms with E-state index in [1.165, 1.54) is 18.2 Å². The van der Waals surface area contributed by atoms with Crippen molar-refractivity contribution in [1.82, 2.24) is 5.32 Å². The number of carbonyl (C=O) groups excluding carboxylic acids is 2. The average molecular weight is 288 g/mol. The van der Waals surface area contributed by atoms with Gasteiger partial charge in [0.15, 0.2) is 0 Å². The van der Waals surface area contributed by atoms with E-state index in [1.54, 1.807) is 0 Å². The van der Waals surface area contributed by atoms with Crippen LogP contribution < -0.4 is 5.32 Å². The van der Waals surface area contributed by atoms with Crippen LogP contribution in [-0.2, 0) is 4.79 Å². The lowest BCUT2D eigenvalue weighted by Gasteiger charge is -2.23. The first-order valence-corrected chi connectivity index (χ1v) is 6.34. The van der Waals surface area contributed by atoms with E-state index in [0.717, 1.165) is 6.42 Å². The Hall–Kier alpha value is -1.06. The van der Waals surface area contributed by atoms with Gasteiger partial charge in [0.2, 0.25) is 0 Å². The van der Waals surface area contributed by atoms with Crippen LogP contribution in [0.5, 0.6) is 0 Å². The molecular formula is C13H15Cl2NO2. The summed E-state index contributed by atoms with van der Waals surface area (Å²) in [5, 5.41) is 3.27. The van der Waals surface area contributed by atoms with Gasteiger partial charge in [0, 0.05) is 16.1 Å². The zero-order valence-corrected chi connectivity index (χ0v) is 12.0. The van der Waals surface area contributed by atoms with Crippen LogP contribution in [0.3, 0.4) is 0 Å². The van der Waals surface area contributed by atoms with E-state index in [2.05, 4.69) is 5.32 Å². The Morgan fingerprint density at radius 1 is 1.28 bits per heavy atom. The minimum atomic E-state index is -0.661. The fraction of sp³-hybridized carbons (Fsp3) is 0.385. The molecule has 0 saturated heterocycles. The van der Waals surface area contributed by atoms with E-state index in [4.69, 9.17) is 23.2 Å². The highest BCUT2D eigenvalue weighted by atomic mass is 35.5. The van der Waals surface area contributed by atoms with Crippen LogP contribution in [0, 0.1) is 0 Å². The molecule has 98 valence electrons. The number of halogens is 2. The van der Waals surface area contributed by atoms with Crippen LogP contribution in [0.4, 0.5) is 0 Å². The van der Waals surface area contributed by atoms with Crippen LogP contribution in [0.2, 0.25) is 10.0 Å². The van der Waals surface area contributed by atoms with Gasteiger partial charge in [0.1, 0.15) is 0 Å². The fourth-order valence-electron chi connectivity index (χ4n) is 1.25. The topological polar surface area (TPSA) is 46.2 Å². The molecule has 1 amide bonds. The van der Waals surface area contributed by atoms with Crippen LogP contribution in [0.1, 0.15) is 37.6 Å². The number of Topliss-reactive ketones (excluding diaryl/α,β-unsaturated/α-hetero) is 1. The summed E-state index contributed by atoms with van der Waals surface area (Å²) in [4.78, 5) is 23.7. The van der Waals surface area contributed by atoms with Crippen molar-refractivity contribution in [2.24, 2.45) is 0 Å². The molecule has 0 unspecified atom stereocenters. The first-order chi connectivity index (χ1) is 8.26. The van der Waals surface area contributed by atoms with E-state index >= 15 is 0 Å². The highest BCUT2D eigenvalue weighted by Crippen LogP contribution is 2.21. The Kier molecular flexibility index (Phi) is 4.77. The summed E-state index contributed by atoms with van der Waals surface area (Å²) in [6, 6.07) is 4.42. The third kappa shape index (κ3) is 3.72. The van der Waals surface area contributed by atoms with Crippen molar-refractivity contribution in [3.8, 4) is 0 Å². The van der Waals surface area contributed by atoms with Crippen molar-refractivity contribution in [3.63, 3.8) is 0 Å². The summed E-state index contributed by atoms with van der Waals surface area (Å²) in [7, 11) is 0. The summed E-state index contributed by atoms with van der Waals surface area (Å²) in [5.74, 6) is -1.32. The number of amides is 1. The molecule has 1 aromatic rings. The molecule has 0 fully saturated rings. The molecule has 0 aliphatic carbocycles. The molecule has 18 heavy (non-hydrogen) atoms. The first-order valence-electron chi connectivity index (χ1n) is 5.58. The van der Waals surface area contributed by atoms with E-state index in [9.17, 15) is 9.59 Å². The lowest BCUT2D eigenvalue weighted by Crippen LogP contribution is -2.46. The van der Waals surface area contributed by atoms with Gasteiger partial charge in [0.05, 0.1) is 5.02 Å². The Balaban J connectivity index is 2.91. The second kappa shape index (κ2) is 5.72. The monoisotopic (exact) mass is 287 g/mol. The normalized spacial score (nSPS) is 11.2. The molecule has 0 heterocycles. The first kappa shape index (κ1) is 15.0. The van der Waals surface area contributed by atoms with Gasteiger partial charge in [-0.15, -0.1) is 0 Å². The highest BCUT2D eigenvalue weighted by molar-refractivity contribution is 6.47. The van der Waals surface area contributed by atoms with Crippen molar-refractivity contribution in [2.45, 2.75) is 32.7 Å². The van der Waals surface area contributed by atoms with Crippen molar-refractivity contribution >= 4 is 34.9 Å². The smallest absolute Gasteiger partial charge is 0.292 e. The molecule has 0 aromatic heterocycles. The number of ketones is 1. The van der Waals surface area contributed by atoms with Crippen molar-refractivity contribution in [1.29, 1.82) is 0 Å².